The Morgan fingerprint density at radius 1 is 1.11 bits per heavy atom. The highest BCUT2D eigenvalue weighted by Crippen LogP contribution is 2.52. The topological polar surface area (TPSA) is 77.9 Å². The number of likely N-dealkylation sites (tertiary alicyclic amines) is 2. The highest BCUT2D eigenvalue weighted by atomic mass is 35.5. The van der Waals surface area contributed by atoms with Gasteiger partial charge in [-0.05, 0) is 61.6 Å². The van der Waals surface area contributed by atoms with Gasteiger partial charge in [-0.25, -0.2) is 0 Å². The number of benzene rings is 2. The van der Waals surface area contributed by atoms with Crippen LogP contribution in [0.25, 0.3) is 0 Å². The van der Waals surface area contributed by atoms with E-state index in [0.717, 1.165) is 24.1 Å². The first-order valence-electron chi connectivity index (χ1n) is 12.4. The number of carboxylic acid groups (broad SMARTS) is 1. The molecule has 4 atom stereocenters. The molecular formula is C28H32Cl2N2O4. The van der Waals surface area contributed by atoms with Crippen LogP contribution in [0.1, 0.15) is 69.0 Å². The fourth-order valence-corrected chi connectivity index (χ4v) is 6.11. The van der Waals surface area contributed by atoms with Crippen molar-refractivity contribution in [2.75, 3.05) is 13.1 Å². The van der Waals surface area contributed by atoms with Crippen LogP contribution in [-0.4, -0.2) is 51.8 Å². The van der Waals surface area contributed by atoms with E-state index in [-0.39, 0.29) is 36.2 Å². The van der Waals surface area contributed by atoms with Crippen molar-refractivity contribution < 1.29 is 19.5 Å². The Balaban J connectivity index is 1.78. The minimum absolute atomic E-state index is 0.147. The van der Waals surface area contributed by atoms with E-state index in [2.05, 4.69) is 0 Å². The molecule has 0 aliphatic carbocycles. The number of halogens is 2. The minimum atomic E-state index is -1.08. The van der Waals surface area contributed by atoms with Gasteiger partial charge in [-0.1, -0.05) is 54.4 Å². The highest BCUT2D eigenvalue weighted by Gasteiger charge is 2.51. The molecule has 0 spiro atoms. The van der Waals surface area contributed by atoms with Gasteiger partial charge in [0.05, 0.1) is 17.9 Å². The lowest BCUT2D eigenvalue weighted by molar-refractivity contribution is -0.160. The second-order valence-electron chi connectivity index (χ2n) is 10.3. The molecule has 2 fully saturated rings. The average molecular weight is 531 g/mol. The summed E-state index contributed by atoms with van der Waals surface area (Å²) in [7, 11) is 0. The van der Waals surface area contributed by atoms with Gasteiger partial charge in [0.2, 0.25) is 11.8 Å². The Morgan fingerprint density at radius 3 is 2.44 bits per heavy atom. The Kier molecular flexibility index (Phi) is 7.96. The van der Waals surface area contributed by atoms with Crippen LogP contribution in [0, 0.1) is 5.41 Å². The van der Waals surface area contributed by atoms with Gasteiger partial charge in [-0.15, -0.1) is 0 Å². The monoisotopic (exact) mass is 530 g/mol. The summed E-state index contributed by atoms with van der Waals surface area (Å²) in [5.74, 6) is -1.21. The molecule has 36 heavy (non-hydrogen) atoms. The fraction of sp³-hybridized carbons (Fsp3) is 0.464. The molecule has 2 heterocycles. The maximum Gasteiger partial charge on any atom is 0.304 e. The molecule has 192 valence electrons. The number of piperidine rings is 1. The van der Waals surface area contributed by atoms with Crippen LogP contribution >= 0.6 is 23.2 Å². The van der Waals surface area contributed by atoms with Crippen molar-refractivity contribution in [1.82, 2.24) is 9.80 Å². The molecule has 0 bridgehead atoms. The summed E-state index contributed by atoms with van der Waals surface area (Å²) < 4.78 is 0. The molecule has 0 radical (unpaired) electrons. The molecule has 2 aromatic carbocycles. The van der Waals surface area contributed by atoms with E-state index < -0.39 is 11.4 Å². The zero-order valence-corrected chi connectivity index (χ0v) is 22.1. The Morgan fingerprint density at radius 2 is 1.83 bits per heavy atom. The van der Waals surface area contributed by atoms with Crippen molar-refractivity contribution >= 4 is 41.0 Å². The summed E-state index contributed by atoms with van der Waals surface area (Å²) >= 11 is 12.6. The first kappa shape index (κ1) is 26.5. The summed E-state index contributed by atoms with van der Waals surface area (Å²) in [6.45, 7) is 5.04. The Labute approximate surface area is 222 Å². The number of hydrogen-bond acceptors (Lipinski definition) is 3. The van der Waals surface area contributed by atoms with Crippen LogP contribution in [0.3, 0.4) is 0 Å². The SMILES string of the molecule is C[C@@H](CCN1CCCC1=O)N1C(=O)[C@@](C)(CC(=O)O)C[C@H](c2cccc(Cl)c2)[C@H]1c1ccc(Cl)cc1. The van der Waals surface area contributed by atoms with Crippen molar-refractivity contribution in [1.29, 1.82) is 0 Å². The Bertz CT molecular complexity index is 1140. The number of carbonyl (C=O) groups is 3. The lowest BCUT2D eigenvalue weighted by atomic mass is 9.67. The van der Waals surface area contributed by atoms with Gasteiger partial charge < -0.3 is 14.9 Å². The smallest absolute Gasteiger partial charge is 0.304 e. The van der Waals surface area contributed by atoms with Crippen LogP contribution in [0.2, 0.25) is 10.0 Å². The molecule has 2 amide bonds. The number of amides is 2. The summed E-state index contributed by atoms with van der Waals surface area (Å²) in [4.78, 5) is 41.9. The molecule has 8 heteroatoms. The van der Waals surface area contributed by atoms with Gasteiger partial charge in [-0.2, -0.15) is 0 Å². The molecule has 2 aliphatic heterocycles. The second kappa shape index (κ2) is 10.8. The number of carboxylic acids is 1. The fourth-order valence-electron chi connectivity index (χ4n) is 5.78. The van der Waals surface area contributed by atoms with Crippen molar-refractivity contribution in [2.45, 2.75) is 64.0 Å². The standard InChI is InChI=1S/C28H32Cl2N2O4/c1-18(12-14-31-13-4-7-24(31)33)32-26(19-8-10-21(29)11-9-19)23(20-5-3-6-22(30)15-20)16-28(2,27(32)36)17-25(34)35/h3,5-6,8-11,15,18,23,26H,4,7,12-14,16-17H2,1-2H3,(H,34,35)/t18-,23+,26+,28+/m0/s1. The van der Waals surface area contributed by atoms with E-state index >= 15 is 0 Å². The molecule has 2 saturated heterocycles. The van der Waals surface area contributed by atoms with Crippen molar-refractivity contribution in [3.05, 3.63) is 69.7 Å². The zero-order valence-electron chi connectivity index (χ0n) is 20.6. The quantitative estimate of drug-likeness (QED) is 0.458. The highest BCUT2D eigenvalue weighted by molar-refractivity contribution is 6.30. The number of hydrogen-bond donors (Lipinski definition) is 1. The predicted molar refractivity (Wildman–Crippen MR) is 140 cm³/mol. The van der Waals surface area contributed by atoms with Gasteiger partial charge in [0.25, 0.3) is 0 Å². The third-order valence-electron chi connectivity index (χ3n) is 7.59. The van der Waals surface area contributed by atoms with Gasteiger partial charge in [0, 0.05) is 41.5 Å². The second-order valence-corrected chi connectivity index (χ2v) is 11.2. The maximum atomic E-state index is 14.1. The molecule has 0 saturated carbocycles. The van der Waals surface area contributed by atoms with Crippen molar-refractivity contribution in [2.24, 2.45) is 5.41 Å². The van der Waals surface area contributed by atoms with Gasteiger partial charge in [-0.3, -0.25) is 14.4 Å². The largest absolute Gasteiger partial charge is 0.481 e. The van der Waals surface area contributed by atoms with Gasteiger partial charge in [0.1, 0.15) is 0 Å². The maximum absolute atomic E-state index is 14.1. The molecule has 0 aromatic heterocycles. The summed E-state index contributed by atoms with van der Waals surface area (Å²) in [6, 6.07) is 14.5. The van der Waals surface area contributed by atoms with Crippen LogP contribution in [0.4, 0.5) is 0 Å². The molecule has 1 N–H and O–H groups in total. The lowest BCUT2D eigenvalue weighted by Gasteiger charge is -2.51. The summed E-state index contributed by atoms with van der Waals surface area (Å²) in [6.07, 6.45) is 2.14. The molecule has 4 rings (SSSR count). The lowest BCUT2D eigenvalue weighted by Crippen LogP contribution is -2.56. The number of carbonyl (C=O) groups excluding carboxylic acids is 2. The molecular weight excluding hydrogens is 499 g/mol. The third-order valence-corrected chi connectivity index (χ3v) is 8.08. The zero-order chi connectivity index (χ0) is 26.0. The van der Waals surface area contributed by atoms with Gasteiger partial charge in [0.15, 0.2) is 0 Å². The predicted octanol–water partition coefficient (Wildman–Crippen LogP) is 5.93. The van der Waals surface area contributed by atoms with Crippen LogP contribution < -0.4 is 0 Å². The van der Waals surface area contributed by atoms with E-state index in [1.165, 1.54) is 0 Å². The normalized spacial score (nSPS) is 25.3. The van der Waals surface area contributed by atoms with E-state index in [4.69, 9.17) is 23.2 Å². The van der Waals surface area contributed by atoms with E-state index in [1.54, 1.807) is 13.0 Å². The molecule has 6 nitrogen and oxygen atoms in total. The van der Waals surface area contributed by atoms with E-state index in [9.17, 15) is 19.5 Å². The molecule has 2 aliphatic rings. The van der Waals surface area contributed by atoms with E-state index in [0.29, 0.717) is 35.9 Å². The average Bonchev–Trinajstić information content (AvgIpc) is 3.23. The van der Waals surface area contributed by atoms with E-state index in [1.807, 2.05) is 59.2 Å². The summed E-state index contributed by atoms with van der Waals surface area (Å²) in [5.41, 5.74) is 0.803. The first-order chi connectivity index (χ1) is 17.1. The van der Waals surface area contributed by atoms with Crippen LogP contribution in [0.5, 0.6) is 0 Å². The van der Waals surface area contributed by atoms with Crippen LogP contribution in [0.15, 0.2) is 48.5 Å². The van der Waals surface area contributed by atoms with Crippen molar-refractivity contribution in [3.63, 3.8) is 0 Å². The van der Waals surface area contributed by atoms with Gasteiger partial charge >= 0.3 is 5.97 Å². The summed E-state index contributed by atoms with van der Waals surface area (Å²) in [5, 5.41) is 10.9. The first-order valence-corrected chi connectivity index (χ1v) is 13.2. The number of aliphatic carboxylic acids is 1. The molecule has 0 unspecified atom stereocenters. The molecule has 2 aromatic rings. The van der Waals surface area contributed by atoms with Crippen LogP contribution in [-0.2, 0) is 14.4 Å². The number of nitrogens with zero attached hydrogens (tertiary/aromatic N) is 2. The minimum Gasteiger partial charge on any atom is -0.481 e. The Hall–Kier alpha value is -2.57. The van der Waals surface area contributed by atoms with Crippen molar-refractivity contribution in [3.8, 4) is 0 Å². The third kappa shape index (κ3) is 5.55. The number of rotatable bonds is 8.